The lowest BCUT2D eigenvalue weighted by Gasteiger charge is -2.17. The summed E-state index contributed by atoms with van der Waals surface area (Å²) >= 11 is 0. The van der Waals surface area contributed by atoms with Crippen LogP contribution in [-0.2, 0) is 6.42 Å². The number of carbonyl (C=O) groups is 1. The number of ether oxygens (including phenoxy) is 1. The van der Waals surface area contributed by atoms with Crippen molar-refractivity contribution in [1.29, 1.82) is 0 Å². The normalized spacial score (nSPS) is 13.7. The summed E-state index contributed by atoms with van der Waals surface area (Å²) in [4.78, 5) is 18.3. The molecule has 1 aromatic heterocycles. The van der Waals surface area contributed by atoms with Crippen molar-refractivity contribution in [2.75, 3.05) is 6.61 Å². The van der Waals surface area contributed by atoms with Crippen LogP contribution in [0.4, 0.5) is 0 Å². The number of carboxylic acids is 1. The van der Waals surface area contributed by atoms with Crippen LogP contribution in [-0.4, -0.2) is 27.7 Å². The molecule has 0 radical (unpaired) electrons. The van der Waals surface area contributed by atoms with E-state index >= 15 is 0 Å². The van der Waals surface area contributed by atoms with Gasteiger partial charge in [-0.15, -0.1) is 0 Å². The number of fused-ring (bicyclic) bond motifs is 1. The van der Waals surface area contributed by atoms with Crippen molar-refractivity contribution in [3.8, 4) is 17.0 Å². The zero-order chi connectivity index (χ0) is 13.4. The molecule has 1 aliphatic heterocycles. The highest BCUT2D eigenvalue weighted by atomic mass is 16.5. The van der Waals surface area contributed by atoms with Gasteiger partial charge in [0.25, 0.3) is 0 Å². The Balaban J connectivity index is 2.09. The molecule has 0 saturated heterocycles. The first kappa shape index (κ1) is 11.8. The highest BCUT2D eigenvalue weighted by molar-refractivity contribution is 5.93. The van der Waals surface area contributed by atoms with Gasteiger partial charge < -0.3 is 14.8 Å². The predicted octanol–water partition coefficient (Wildman–Crippen LogP) is 2.41. The molecule has 1 aromatic carbocycles. The van der Waals surface area contributed by atoms with E-state index < -0.39 is 5.97 Å². The van der Waals surface area contributed by atoms with Gasteiger partial charge in [0, 0.05) is 5.56 Å². The fourth-order valence-corrected chi connectivity index (χ4v) is 2.36. The smallest absolute Gasteiger partial charge is 0.354 e. The van der Waals surface area contributed by atoms with E-state index in [1.54, 1.807) is 6.92 Å². The summed E-state index contributed by atoms with van der Waals surface area (Å²) in [5.41, 5.74) is 2.54. The highest BCUT2D eigenvalue weighted by Crippen LogP contribution is 2.30. The highest BCUT2D eigenvalue weighted by Gasteiger charge is 2.18. The summed E-state index contributed by atoms with van der Waals surface area (Å²) in [5, 5.41) is 9.18. The maximum absolute atomic E-state index is 11.2. The van der Waals surface area contributed by atoms with Gasteiger partial charge in [0.15, 0.2) is 5.69 Å². The summed E-state index contributed by atoms with van der Waals surface area (Å²) in [6.45, 7) is 2.49. The van der Waals surface area contributed by atoms with E-state index in [4.69, 9.17) is 4.74 Å². The molecule has 3 rings (SSSR count). The third kappa shape index (κ3) is 2.07. The molecule has 2 heterocycles. The van der Waals surface area contributed by atoms with Crippen LogP contribution in [0.1, 0.15) is 28.3 Å². The number of H-pyrrole nitrogens is 1. The average molecular weight is 258 g/mol. The summed E-state index contributed by atoms with van der Waals surface area (Å²) in [6.07, 6.45) is 1.94. The molecule has 0 unspecified atom stereocenters. The van der Waals surface area contributed by atoms with Gasteiger partial charge in [0.1, 0.15) is 17.3 Å². The SMILES string of the molecule is Cc1nc(-c2ccc3c(c2)CCCO3)c(C(=O)O)[nH]1. The lowest BCUT2D eigenvalue weighted by molar-refractivity contribution is 0.0692. The maximum Gasteiger partial charge on any atom is 0.354 e. The number of aryl methyl sites for hydroxylation is 2. The summed E-state index contributed by atoms with van der Waals surface area (Å²) in [6, 6.07) is 5.71. The van der Waals surface area contributed by atoms with Gasteiger partial charge in [-0.3, -0.25) is 0 Å². The molecule has 0 bridgehead atoms. The molecule has 5 nitrogen and oxygen atoms in total. The maximum atomic E-state index is 11.2. The van der Waals surface area contributed by atoms with Crippen LogP contribution in [0.2, 0.25) is 0 Å². The van der Waals surface area contributed by atoms with Gasteiger partial charge in [-0.25, -0.2) is 9.78 Å². The van der Waals surface area contributed by atoms with E-state index in [9.17, 15) is 9.90 Å². The second kappa shape index (κ2) is 4.42. The van der Waals surface area contributed by atoms with Crippen molar-refractivity contribution in [2.45, 2.75) is 19.8 Å². The molecule has 0 spiro atoms. The minimum absolute atomic E-state index is 0.133. The van der Waals surface area contributed by atoms with Crippen LogP contribution >= 0.6 is 0 Å². The number of aromatic carboxylic acids is 1. The van der Waals surface area contributed by atoms with Gasteiger partial charge in [-0.05, 0) is 43.5 Å². The monoisotopic (exact) mass is 258 g/mol. The summed E-state index contributed by atoms with van der Waals surface area (Å²) in [7, 11) is 0. The zero-order valence-corrected chi connectivity index (χ0v) is 10.6. The van der Waals surface area contributed by atoms with E-state index in [-0.39, 0.29) is 5.69 Å². The third-order valence-electron chi connectivity index (χ3n) is 3.22. The number of hydrogen-bond acceptors (Lipinski definition) is 3. The number of imidazole rings is 1. The molecule has 0 saturated carbocycles. The number of benzene rings is 1. The molecule has 5 heteroatoms. The Labute approximate surface area is 110 Å². The number of nitrogens with one attached hydrogen (secondary N) is 1. The molecular formula is C14H14N2O3. The van der Waals surface area contributed by atoms with Crippen molar-refractivity contribution in [3.05, 3.63) is 35.3 Å². The van der Waals surface area contributed by atoms with Gasteiger partial charge in [0.05, 0.1) is 6.61 Å². The molecule has 98 valence electrons. The van der Waals surface area contributed by atoms with Gasteiger partial charge in [-0.2, -0.15) is 0 Å². The second-order valence-corrected chi connectivity index (χ2v) is 4.63. The van der Waals surface area contributed by atoms with Gasteiger partial charge in [-0.1, -0.05) is 0 Å². The Morgan fingerprint density at radius 2 is 2.32 bits per heavy atom. The number of aromatic nitrogens is 2. The topological polar surface area (TPSA) is 75.2 Å². The number of hydrogen-bond donors (Lipinski definition) is 2. The predicted molar refractivity (Wildman–Crippen MR) is 69.5 cm³/mol. The lowest BCUT2D eigenvalue weighted by atomic mass is 10.0. The second-order valence-electron chi connectivity index (χ2n) is 4.63. The van der Waals surface area contributed by atoms with E-state index in [1.165, 1.54) is 0 Å². The number of rotatable bonds is 2. The van der Waals surface area contributed by atoms with Gasteiger partial charge >= 0.3 is 5.97 Å². The standard InChI is InChI=1S/C14H14N2O3/c1-8-15-12(13(16-8)14(17)18)10-4-5-11-9(7-10)3-2-6-19-11/h4-5,7H,2-3,6H2,1H3,(H,15,16)(H,17,18). The van der Waals surface area contributed by atoms with E-state index in [0.29, 0.717) is 11.5 Å². The molecule has 19 heavy (non-hydrogen) atoms. The fraction of sp³-hybridized carbons (Fsp3) is 0.286. The fourth-order valence-electron chi connectivity index (χ4n) is 2.36. The van der Waals surface area contributed by atoms with E-state index in [2.05, 4.69) is 9.97 Å². The number of nitrogens with zero attached hydrogens (tertiary/aromatic N) is 1. The first-order chi connectivity index (χ1) is 9.15. The van der Waals surface area contributed by atoms with Crippen LogP contribution in [0.15, 0.2) is 18.2 Å². The largest absolute Gasteiger partial charge is 0.493 e. The van der Waals surface area contributed by atoms with Crippen molar-refractivity contribution in [3.63, 3.8) is 0 Å². The minimum atomic E-state index is -0.996. The zero-order valence-electron chi connectivity index (χ0n) is 10.6. The van der Waals surface area contributed by atoms with Crippen LogP contribution in [0.5, 0.6) is 5.75 Å². The molecule has 0 amide bonds. The molecule has 0 fully saturated rings. The molecule has 0 aliphatic carbocycles. The molecule has 2 aromatic rings. The molecular weight excluding hydrogens is 244 g/mol. The van der Waals surface area contributed by atoms with Gasteiger partial charge in [0.2, 0.25) is 0 Å². The Morgan fingerprint density at radius 3 is 3.11 bits per heavy atom. The molecule has 0 atom stereocenters. The third-order valence-corrected chi connectivity index (χ3v) is 3.22. The number of carboxylic acid groups (broad SMARTS) is 1. The van der Waals surface area contributed by atoms with Crippen molar-refractivity contribution >= 4 is 5.97 Å². The van der Waals surface area contributed by atoms with Crippen LogP contribution in [0.3, 0.4) is 0 Å². The van der Waals surface area contributed by atoms with Crippen LogP contribution in [0, 0.1) is 6.92 Å². The quantitative estimate of drug-likeness (QED) is 0.867. The Bertz CT molecular complexity index is 646. The van der Waals surface area contributed by atoms with E-state index in [0.717, 1.165) is 36.3 Å². The van der Waals surface area contributed by atoms with Crippen molar-refractivity contribution in [1.82, 2.24) is 9.97 Å². The van der Waals surface area contributed by atoms with Crippen molar-refractivity contribution in [2.24, 2.45) is 0 Å². The van der Waals surface area contributed by atoms with E-state index in [1.807, 2.05) is 18.2 Å². The Morgan fingerprint density at radius 1 is 1.47 bits per heavy atom. The molecule has 2 N–H and O–H groups in total. The van der Waals surface area contributed by atoms with Crippen LogP contribution in [0.25, 0.3) is 11.3 Å². The van der Waals surface area contributed by atoms with Crippen molar-refractivity contribution < 1.29 is 14.6 Å². The molecule has 1 aliphatic rings. The lowest BCUT2D eigenvalue weighted by Crippen LogP contribution is -2.08. The summed E-state index contributed by atoms with van der Waals surface area (Å²) < 4.78 is 5.55. The summed E-state index contributed by atoms with van der Waals surface area (Å²) in [5.74, 6) is 0.491. The van der Waals surface area contributed by atoms with Crippen LogP contribution < -0.4 is 4.74 Å². The number of aromatic amines is 1. The first-order valence-electron chi connectivity index (χ1n) is 6.21. The first-order valence-corrected chi connectivity index (χ1v) is 6.21. The Kier molecular flexibility index (Phi) is 2.74. The average Bonchev–Trinajstić information content (AvgIpc) is 2.80. The Hall–Kier alpha value is -2.30. The minimum Gasteiger partial charge on any atom is -0.493 e.